The number of benzene rings is 1. The minimum atomic E-state index is 0.268. The van der Waals surface area contributed by atoms with E-state index < -0.39 is 0 Å². The zero-order chi connectivity index (χ0) is 12.8. The zero-order valence-corrected chi connectivity index (χ0v) is 11.3. The summed E-state index contributed by atoms with van der Waals surface area (Å²) in [7, 11) is 1.97. The molecule has 1 saturated heterocycles. The molecule has 0 amide bonds. The standard InChI is InChI=1S/C15H23NO2/c1-12(16-2)13-6-5-8-14(10-13)18-11-15-7-3-4-9-17-15/h5-6,8,10,12,15-16H,3-4,7,9,11H2,1-2H3. The molecule has 2 unspecified atom stereocenters. The smallest absolute Gasteiger partial charge is 0.119 e. The van der Waals surface area contributed by atoms with E-state index in [-0.39, 0.29) is 6.10 Å². The number of hydrogen-bond acceptors (Lipinski definition) is 3. The van der Waals surface area contributed by atoms with Crippen molar-refractivity contribution in [3.05, 3.63) is 29.8 Å². The second-order valence-corrected chi connectivity index (χ2v) is 4.88. The molecule has 2 rings (SSSR count). The maximum absolute atomic E-state index is 5.83. The van der Waals surface area contributed by atoms with Crippen LogP contribution in [0.4, 0.5) is 0 Å². The van der Waals surface area contributed by atoms with Crippen LogP contribution < -0.4 is 10.1 Å². The van der Waals surface area contributed by atoms with Gasteiger partial charge in [0.2, 0.25) is 0 Å². The Balaban J connectivity index is 1.88. The second kappa shape index (κ2) is 6.76. The van der Waals surface area contributed by atoms with Crippen LogP contribution in [0.5, 0.6) is 5.75 Å². The van der Waals surface area contributed by atoms with Crippen molar-refractivity contribution in [3.63, 3.8) is 0 Å². The first-order valence-corrected chi connectivity index (χ1v) is 6.81. The fourth-order valence-electron chi connectivity index (χ4n) is 2.17. The Morgan fingerprint density at radius 2 is 2.33 bits per heavy atom. The van der Waals surface area contributed by atoms with Crippen LogP contribution in [0.25, 0.3) is 0 Å². The molecule has 0 saturated carbocycles. The first kappa shape index (κ1) is 13.4. The van der Waals surface area contributed by atoms with Crippen LogP contribution in [0, 0.1) is 0 Å². The van der Waals surface area contributed by atoms with Gasteiger partial charge in [-0.05, 0) is 50.9 Å². The van der Waals surface area contributed by atoms with E-state index in [1.807, 2.05) is 19.2 Å². The van der Waals surface area contributed by atoms with Crippen molar-refractivity contribution in [2.75, 3.05) is 20.3 Å². The number of nitrogens with one attached hydrogen (secondary N) is 1. The third-order valence-corrected chi connectivity index (χ3v) is 3.50. The zero-order valence-electron chi connectivity index (χ0n) is 11.3. The first-order valence-electron chi connectivity index (χ1n) is 6.81. The van der Waals surface area contributed by atoms with Crippen LogP contribution in [-0.2, 0) is 4.74 Å². The Labute approximate surface area is 109 Å². The van der Waals surface area contributed by atoms with Crippen molar-refractivity contribution >= 4 is 0 Å². The van der Waals surface area contributed by atoms with Crippen LogP contribution in [0.15, 0.2) is 24.3 Å². The maximum atomic E-state index is 5.83. The molecule has 1 aliphatic heterocycles. The third-order valence-electron chi connectivity index (χ3n) is 3.50. The lowest BCUT2D eigenvalue weighted by Gasteiger charge is -2.22. The molecule has 18 heavy (non-hydrogen) atoms. The average molecular weight is 249 g/mol. The molecule has 2 atom stereocenters. The van der Waals surface area contributed by atoms with Crippen molar-refractivity contribution < 1.29 is 9.47 Å². The van der Waals surface area contributed by atoms with Gasteiger partial charge in [-0.1, -0.05) is 12.1 Å². The van der Waals surface area contributed by atoms with Crippen molar-refractivity contribution in [2.45, 2.75) is 38.3 Å². The van der Waals surface area contributed by atoms with Crippen LogP contribution in [-0.4, -0.2) is 26.4 Å². The van der Waals surface area contributed by atoms with Gasteiger partial charge >= 0.3 is 0 Å². The highest BCUT2D eigenvalue weighted by atomic mass is 16.5. The van der Waals surface area contributed by atoms with Gasteiger partial charge < -0.3 is 14.8 Å². The molecule has 1 N–H and O–H groups in total. The van der Waals surface area contributed by atoms with Crippen molar-refractivity contribution in [1.29, 1.82) is 0 Å². The van der Waals surface area contributed by atoms with Gasteiger partial charge in [0.25, 0.3) is 0 Å². The van der Waals surface area contributed by atoms with Crippen LogP contribution in [0.1, 0.15) is 37.8 Å². The van der Waals surface area contributed by atoms with Crippen molar-refractivity contribution in [3.8, 4) is 5.75 Å². The molecular weight excluding hydrogens is 226 g/mol. The van der Waals surface area contributed by atoms with E-state index >= 15 is 0 Å². The van der Waals surface area contributed by atoms with Gasteiger partial charge in [-0.2, -0.15) is 0 Å². The summed E-state index contributed by atoms with van der Waals surface area (Å²) in [6.45, 7) is 3.69. The molecule has 0 spiro atoms. The summed E-state index contributed by atoms with van der Waals surface area (Å²) in [5.41, 5.74) is 1.25. The fourth-order valence-corrected chi connectivity index (χ4v) is 2.17. The SMILES string of the molecule is CNC(C)c1cccc(OCC2CCCCO2)c1. The van der Waals surface area contributed by atoms with E-state index in [0.717, 1.165) is 18.8 Å². The molecule has 3 heteroatoms. The van der Waals surface area contributed by atoms with Gasteiger partial charge in [0.1, 0.15) is 12.4 Å². The van der Waals surface area contributed by atoms with Crippen molar-refractivity contribution in [1.82, 2.24) is 5.32 Å². The number of hydrogen-bond donors (Lipinski definition) is 1. The molecule has 1 heterocycles. The summed E-state index contributed by atoms with van der Waals surface area (Å²) in [6.07, 6.45) is 3.83. The van der Waals surface area contributed by atoms with E-state index in [2.05, 4.69) is 24.4 Å². The van der Waals surface area contributed by atoms with Crippen LogP contribution in [0.2, 0.25) is 0 Å². The summed E-state index contributed by atoms with van der Waals surface area (Å²) in [5, 5.41) is 3.23. The minimum absolute atomic E-state index is 0.268. The summed E-state index contributed by atoms with van der Waals surface area (Å²) in [6, 6.07) is 8.61. The Morgan fingerprint density at radius 3 is 3.06 bits per heavy atom. The molecule has 0 bridgehead atoms. The molecule has 1 fully saturated rings. The lowest BCUT2D eigenvalue weighted by molar-refractivity contribution is -0.0110. The second-order valence-electron chi connectivity index (χ2n) is 4.88. The third kappa shape index (κ3) is 3.72. The molecule has 100 valence electrons. The molecule has 0 aromatic heterocycles. The van der Waals surface area contributed by atoms with E-state index in [1.165, 1.54) is 18.4 Å². The highest BCUT2D eigenvalue weighted by Gasteiger charge is 2.14. The highest BCUT2D eigenvalue weighted by molar-refractivity contribution is 5.30. The Kier molecular flexibility index (Phi) is 5.02. The fraction of sp³-hybridized carbons (Fsp3) is 0.600. The molecule has 0 radical (unpaired) electrons. The van der Waals surface area contributed by atoms with E-state index in [1.54, 1.807) is 0 Å². The van der Waals surface area contributed by atoms with Crippen LogP contribution >= 0.6 is 0 Å². The molecule has 3 nitrogen and oxygen atoms in total. The number of rotatable bonds is 5. The lowest BCUT2D eigenvalue weighted by Crippen LogP contribution is -2.25. The van der Waals surface area contributed by atoms with Gasteiger partial charge in [0, 0.05) is 12.6 Å². The molecule has 1 aromatic carbocycles. The quantitative estimate of drug-likeness (QED) is 0.870. The summed E-state index contributed by atoms with van der Waals surface area (Å²) in [5.74, 6) is 0.934. The monoisotopic (exact) mass is 249 g/mol. The predicted octanol–water partition coefficient (Wildman–Crippen LogP) is 2.91. The summed E-state index contributed by atoms with van der Waals surface area (Å²) < 4.78 is 11.5. The van der Waals surface area contributed by atoms with Gasteiger partial charge in [-0.15, -0.1) is 0 Å². The molecule has 1 aromatic rings. The summed E-state index contributed by atoms with van der Waals surface area (Å²) >= 11 is 0. The average Bonchev–Trinajstić information content (AvgIpc) is 2.45. The Morgan fingerprint density at radius 1 is 1.44 bits per heavy atom. The van der Waals surface area contributed by atoms with Gasteiger partial charge in [0.05, 0.1) is 6.10 Å². The largest absolute Gasteiger partial charge is 0.491 e. The predicted molar refractivity (Wildman–Crippen MR) is 73.0 cm³/mol. The molecule has 0 aliphatic carbocycles. The number of ether oxygens (including phenoxy) is 2. The first-order chi connectivity index (χ1) is 8.79. The van der Waals surface area contributed by atoms with Gasteiger partial charge in [-0.25, -0.2) is 0 Å². The lowest BCUT2D eigenvalue weighted by atomic mass is 10.1. The topological polar surface area (TPSA) is 30.5 Å². The van der Waals surface area contributed by atoms with E-state index in [4.69, 9.17) is 9.47 Å². The van der Waals surface area contributed by atoms with Crippen LogP contribution in [0.3, 0.4) is 0 Å². The van der Waals surface area contributed by atoms with Crippen molar-refractivity contribution in [2.24, 2.45) is 0 Å². The summed E-state index contributed by atoms with van der Waals surface area (Å²) in [4.78, 5) is 0. The van der Waals surface area contributed by atoms with E-state index in [0.29, 0.717) is 12.6 Å². The Hall–Kier alpha value is -1.06. The molecular formula is C15H23NO2. The molecule has 1 aliphatic rings. The van der Waals surface area contributed by atoms with Gasteiger partial charge in [-0.3, -0.25) is 0 Å². The highest BCUT2D eigenvalue weighted by Crippen LogP contribution is 2.20. The Bertz CT molecular complexity index is 361. The minimum Gasteiger partial charge on any atom is -0.491 e. The van der Waals surface area contributed by atoms with Gasteiger partial charge in [0.15, 0.2) is 0 Å². The van der Waals surface area contributed by atoms with E-state index in [9.17, 15) is 0 Å². The maximum Gasteiger partial charge on any atom is 0.119 e. The normalized spacial score (nSPS) is 21.6.